The molecule has 0 aromatic heterocycles. The molecule has 1 aliphatic rings. The van der Waals surface area contributed by atoms with Gasteiger partial charge in [-0.3, -0.25) is 9.59 Å². The number of hydrogen-bond donors (Lipinski definition) is 0. The van der Waals surface area contributed by atoms with Crippen molar-refractivity contribution in [2.75, 3.05) is 11.5 Å². The number of para-hydroxylation sites is 1. The molecular weight excluding hydrogens is 362 g/mol. The van der Waals surface area contributed by atoms with Gasteiger partial charge in [0.15, 0.2) is 6.61 Å². The summed E-state index contributed by atoms with van der Waals surface area (Å²) in [5.74, 6) is -1.18. The van der Waals surface area contributed by atoms with Gasteiger partial charge >= 0.3 is 5.97 Å². The van der Waals surface area contributed by atoms with Crippen LogP contribution in [0, 0.1) is 0 Å². The fourth-order valence-electron chi connectivity index (χ4n) is 3.99. The van der Waals surface area contributed by atoms with Crippen LogP contribution in [0.2, 0.25) is 0 Å². The molecule has 4 heteroatoms. The number of nitrogens with zero attached hydrogens (tertiary/aromatic N) is 1. The second-order valence-corrected chi connectivity index (χ2v) is 7.31. The zero-order valence-corrected chi connectivity index (χ0v) is 16.3. The normalized spacial score (nSPS) is 15.2. The number of rotatable bonds is 5. The van der Waals surface area contributed by atoms with Crippen LogP contribution in [0.4, 0.5) is 5.69 Å². The third kappa shape index (κ3) is 3.92. The van der Waals surface area contributed by atoms with Gasteiger partial charge in [-0.15, -0.1) is 0 Å². The molecule has 0 unspecified atom stereocenters. The smallest absolute Gasteiger partial charge is 0.318 e. The van der Waals surface area contributed by atoms with Gasteiger partial charge in [0.25, 0.3) is 5.91 Å². The molecule has 0 radical (unpaired) electrons. The number of anilines is 1. The standard InChI is InChI=1S/C25H23NO3/c1-18-16-21-14-8-9-15-22(21)26(18)23(27)17-29-25(28)24(19-10-4-2-5-11-19)20-12-6-3-7-13-20/h2-15,18,24H,16-17H2,1H3/t18-/m0/s1. The first kappa shape index (κ1) is 18.9. The summed E-state index contributed by atoms with van der Waals surface area (Å²) in [6.45, 7) is 1.74. The maximum atomic E-state index is 13.0. The molecule has 146 valence electrons. The average Bonchev–Trinajstić information content (AvgIpc) is 3.09. The fraction of sp³-hybridized carbons (Fsp3) is 0.200. The van der Waals surface area contributed by atoms with E-state index in [2.05, 4.69) is 0 Å². The van der Waals surface area contributed by atoms with Crippen molar-refractivity contribution in [1.29, 1.82) is 0 Å². The SMILES string of the molecule is C[C@H]1Cc2ccccc2N1C(=O)COC(=O)C(c1ccccc1)c1ccccc1. The minimum atomic E-state index is -0.562. The minimum Gasteiger partial charge on any atom is -0.455 e. The molecule has 0 saturated heterocycles. The highest BCUT2D eigenvalue weighted by Gasteiger charge is 2.32. The first-order chi connectivity index (χ1) is 14.1. The Morgan fingerprint density at radius 1 is 0.897 bits per heavy atom. The van der Waals surface area contributed by atoms with Gasteiger partial charge < -0.3 is 9.64 Å². The lowest BCUT2D eigenvalue weighted by molar-refractivity contribution is -0.148. The van der Waals surface area contributed by atoms with Crippen LogP contribution in [0.3, 0.4) is 0 Å². The molecule has 4 nitrogen and oxygen atoms in total. The first-order valence-corrected chi connectivity index (χ1v) is 9.81. The van der Waals surface area contributed by atoms with Crippen molar-refractivity contribution in [1.82, 2.24) is 0 Å². The Hall–Kier alpha value is -3.40. The van der Waals surface area contributed by atoms with Crippen molar-refractivity contribution in [2.24, 2.45) is 0 Å². The summed E-state index contributed by atoms with van der Waals surface area (Å²) in [6, 6.07) is 26.9. The number of hydrogen-bond acceptors (Lipinski definition) is 3. The monoisotopic (exact) mass is 385 g/mol. The maximum absolute atomic E-state index is 13.0. The Labute approximate surface area is 170 Å². The zero-order valence-electron chi connectivity index (χ0n) is 16.3. The molecule has 29 heavy (non-hydrogen) atoms. The molecule has 0 fully saturated rings. The summed E-state index contributed by atoms with van der Waals surface area (Å²) in [4.78, 5) is 27.6. The number of esters is 1. The zero-order chi connectivity index (χ0) is 20.2. The topological polar surface area (TPSA) is 46.6 Å². The molecule has 4 rings (SSSR count). The number of carbonyl (C=O) groups is 2. The van der Waals surface area contributed by atoms with E-state index < -0.39 is 11.9 Å². The predicted molar refractivity (Wildman–Crippen MR) is 113 cm³/mol. The maximum Gasteiger partial charge on any atom is 0.318 e. The third-order valence-corrected chi connectivity index (χ3v) is 5.32. The molecule has 0 aliphatic carbocycles. The van der Waals surface area contributed by atoms with Gasteiger partial charge in [-0.25, -0.2) is 0 Å². The van der Waals surface area contributed by atoms with Gasteiger partial charge in [0.1, 0.15) is 5.92 Å². The highest BCUT2D eigenvalue weighted by Crippen LogP contribution is 2.32. The highest BCUT2D eigenvalue weighted by molar-refractivity contribution is 5.98. The molecule has 3 aromatic rings. The van der Waals surface area contributed by atoms with Gasteiger partial charge in [-0.05, 0) is 36.1 Å². The molecule has 1 atom stereocenters. The summed E-state index contributed by atoms with van der Waals surface area (Å²) in [5, 5.41) is 0. The molecule has 1 aliphatic heterocycles. The van der Waals surface area contributed by atoms with Crippen LogP contribution in [0.5, 0.6) is 0 Å². The number of amides is 1. The van der Waals surface area contributed by atoms with Crippen molar-refractivity contribution >= 4 is 17.6 Å². The largest absolute Gasteiger partial charge is 0.455 e. The van der Waals surface area contributed by atoms with Gasteiger partial charge in [0.05, 0.1) is 0 Å². The molecule has 0 spiro atoms. The molecule has 0 bridgehead atoms. The van der Waals surface area contributed by atoms with Crippen LogP contribution in [0.25, 0.3) is 0 Å². The molecular formula is C25H23NO3. The molecule has 1 amide bonds. The van der Waals surface area contributed by atoms with Crippen LogP contribution in [-0.2, 0) is 20.7 Å². The van der Waals surface area contributed by atoms with E-state index in [4.69, 9.17) is 4.74 Å². The summed E-state index contributed by atoms with van der Waals surface area (Å²) < 4.78 is 5.52. The number of ether oxygens (including phenoxy) is 1. The van der Waals surface area contributed by atoms with Gasteiger partial charge in [0, 0.05) is 11.7 Å². The fourth-order valence-corrected chi connectivity index (χ4v) is 3.99. The second-order valence-electron chi connectivity index (χ2n) is 7.31. The van der Waals surface area contributed by atoms with Crippen LogP contribution >= 0.6 is 0 Å². The second kappa shape index (κ2) is 8.31. The van der Waals surface area contributed by atoms with Gasteiger partial charge in [-0.1, -0.05) is 78.9 Å². The van der Waals surface area contributed by atoms with Crippen molar-refractivity contribution in [3.63, 3.8) is 0 Å². The van der Waals surface area contributed by atoms with Crippen LogP contribution in [-0.4, -0.2) is 24.5 Å². The van der Waals surface area contributed by atoms with E-state index in [1.54, 1.807) is 4.90 Å². The number of benzene rings is 3. The molecule has 0 N–H and O–H groups in total. The number of fused-ring (bicyclic) bond motifs is 1. The van der Waals surface area contributed by atoms with E-state index in [-0.39, 0.29) is 18.6 Å². The first-order valence-electron chi connectivity index (χ1n) is 9.81. The molecule has 1 heterocycles. The van der Waals surface area contributed by atoms with Gasteiger partial charge in [-0.2, -0.15) is 0 Å². The Morgan fingerprint density at radius 2 is 1.45 bits per heavy atom. The minimum absolute atomic E-state index is 0.0534. The van der Waals surface area contributed by atoms with Crippen molar-refractivity contribution < 1.29 is 14.3 Å². The lowest BCUT2D eigenvalue weighted by atomic mass is 9.91. The van der Waals surface area contributed by atoms with Crippen molar-refractivity contribution in [3.05, 3.63) is 102 Å². The Kier molecular flexibility index (Phi) is 5.43. The summed E-state index contributed by atoms with van der Waals surface area (Å²) in [5.41, 5.74) is 3.74. The highest BCUT2D eigenvalue weighted by atomic mass is 16.5. The Bertz CT molecular complexity index is 961. The lowest BCUT2D eigenvalue weighted by Gasteiger charge is -2.23. The van der Waals surface area contributed by atoms with E-state index in [1.807, 2.05) is 91.9 Å². The molecule has 0 saturated carbocycles. The van der Waals surface area contributed by atoms with E-state index in [1.165, 1.54) is 0 Å². The van der Waals surface area contributed by atoms with Crippen molar-refractivity contribution in [2.45, 2.75) is 25.3 Å². The van der Waals surface area contributed by atoms with Crippen LogP contribution < -0.4 is 4.90 Å². The Morgan fingerprint density at radius 3 is 2.07 bits per heavy atom. The third-order valence-electron chi connectivity index (χ3n) is 5.32. The summed E-state index contributed by atoms with van der Waals surface area (Å²) in [7, 11) is 0. The summed E-state index contributed by atoms with van der Waals surface area (Å²) in [6.07, 6.45) is 0.812. The van der Waals surface area contributed by atoms with Crippen LogP contribution in [0.1, 0.15) is 29.5 Å². The average molecular weight is 385 g/mol. The lowest BCUT2D eigenvalue weighted by Crippen LogP contribution is -2.39. The van der Waals surface area contributed by atoms with Crippen LogP contribution in [0.15, 0.2) is 84.9 Å². The van der Waals surface area contributed by atoms with E-state index in [0.717, 1.165) is 28.8 Å². The quantitative estimate of drug-likeness (QED) is 0.614. The Balaban J connectivity index is 1.51. The van der Waals surface area contributed by atoms with Gasteiger partial charge in [0.2, 0.25) is 0 Å². The van der Waals surface area contributed by atoms with E-state index in [9.17, 15) is 9.59 Å². The molecule has 3 aromatic carbocycles. The number of carbonyl (C=O) groups excluding carboxylic acids is 2. The summed E-state index contributed by atoms with van der Waals surface area (Å²) >= 11 is 0. The predicted octanol–water partition coefficient (Wildman–Crippen LogP) is 4.34. The van der Waals surface area contributed by atoms with E-state index >= 15 is 0 Å². The van der Waals surface area contributed by atoms with E-state index in [0.29, 0.717) is 0 Å². The van der Waals surface area contributed by atoms with Crippen molar-refractivity contribution in [3.8, 4) is 0 Å².